The van der Waals surface area contributed by atoms with Gasteiger partial charge in [-0.1, -0.05) is 6.92 Å². The third-order valence-corrected chi connectivity index (χ3v) is 5.38. The number of aromatic nitrogens is 1. The summed E-state index contributed by atoms with van der Waals surface area (Å²) in [5.74, 6) is 3.26. The molecule has 0 amide bonds. The van der Waals surface area contributed by atoms with Crippen LogP contribution in [0, 0.1) is 0 Å². The molecule has 0 bridgehead atoms. The lowest BCUT2D eigenvalue weighted by atomic mass is 10.2. The van der Waals surface area contributed by atoms with Crippen molar-refractivity contribution in [2.75, 3.05) is 24.7 Å². The SMILES string of the molecule is CCCOc1ccc(-c2csc(C3CSCCN3)n2)cc1. The van der Waals surface area contributed by atoms with Crippen LogP contribution in [0.4, 0.5) is 0 Å². The van der Waals surface area contributed by atoms with Gasteiger partial charge in [0, 0.05) is 29.0 Å². The lowest BCUT2D eigenvalue weighted by molar-refractivity contribution is 0.317. The molecule has 0 radical (unpaired) electrons. The zero-order valence-electron chi connectivity index (χ0n) is 12.2. The van der Waals surface area contributed by atoms with E-state index in [1.54, 1.807) is 11.3 Å². The second-order valence-corrected chi connectivity index (χ2v) is 7.06. The van der Waals surface area contributed by atoms with Crippen LogP contribution in [0.3, 0.4) is 0 Å². The van der Waals surface area contributed by atoms with E-state index in [4.69, 9.17) is 9.72 Å². The molecule has 0 saturated carbocycles. The fourth-order valence-corrected chi connectivity index (χ4v) is 4.20. The molecule has 3 rings (SSSR count). The van der Waals surface area contributed by atoms with Crippen molar-refractivity contribution in [3.05, 3.63) is 34.7 Å². The zero-order valence-corrected chi connectivity index (χ0v) is 13.8. The van der Waals surface area contributed by atoms with Gasteiger partial charge in [-0.15, -0.1) is 11.3 Å². The van der Waals surface area contributed by atoms with E-state index in [9.17, 15) is 0 Å². The Hall–Kier alpha value is -1.04. The molecular formula is C16H20N2OS2. The Balaban J connectivity index is 1.70. The quantitative estimate of drug-likeness (QED) is 0.904. The van der Waals surface area contributed by atoms with Gasteiger partial charge in [0.15, 0.2) is 0 Å². The van der Waals surface area contributed by atoms with Crippen molar-refractivity contribution in [2.45, 2.75) is 19.4 Å². The Labute approximate surface area is 134 Å². The van der Waals surface area contributed by atoms with E-state index >= 15 is 0 Å². The zero-order chi connectivity index (χ0) is 14.5. The van der Waals surface area contributed by atoms with E-state index < -0.39 is 0 Å². The Morgan fingerprint density at radius 3 is 2.90 bits per heavy atom. The third kappa shape index (κ3) is 3.78. The molecule has 1 N–H and O–H groups in total. The molecule has 1 fully saturated rings. The second-order valence-electron chi connectivity index (χ2n) is 5.03. The number of thioether (sulfide) groups is 1. The molecule has 2 heterocycles. The maximum absolute atomic E-state index is 5.62. The molecule has 5 heteroatoms. The Morgan fingerprint density at radius 2 is 2.19 bits per heavy atom. The summed E-state index contributed by atoms with van der Waals surface area (Å²) in [6.45, 7) is 3.96. The Morgan fingerprint density at radius 1 is 1.33 bits per heavy atom. The van der Waals surface area contributed by atoms with Crippen molar-refractivity contribution in [1.82, 2.24) is 10.3 Å². The summed E-state index contributed by atoms with van der Waals surface area (Å²) in [5, 5.41) is 6.89. The van der Waals surface area contributed by atoms with Crippen LogP contribution >= 0.6 is 23.1 Å². The predicted octanol–water partition coefficient (Wildman–Crippen LogP) is 3.98. The topological polar surface area (TPSA) is 34.1 Å². The molecule has 112 valence electrons. The normalized spacial score (nSPS) is 18.6. The van der Waals surface area contributed by atoms with Crippen molar-refractivity contribution < 1.29 is 4.74 Å². The first-order valence-corrected chi connectivity index (χ1v) is 9.40. The summed E-state index contributed by atoms with van der Waals surface area (Å²) in [4.78, 5) is 4.80. The first-order valence-electron chi connectivity index (χ1n) is 7.36. The molecule has 3 nitrogen and oxygen atoms in total. The van der Waals surface area contributed by atoms with Crippen LogP contribution in [0.2, 0.25) is 0 Å². The van der Waals surface area contributed by atoms with Crippen molar-refractivity contribution in [2.24, 2.45) is 0 Å². The van der Waals surface area contributed by atoms with Gasteiger partial charge in [-0.2, -0.15) is 11.8 Å². The van der Waals surface area contributed by atoms with Gasteiger partial charge in [-0.25, -0.2) is 4.98 Å². The molecule has 1 atom stereocenters. The second kappa shape index (κ2) is 7.29. The number of thiazole rings is 1. The van der Waals surface area contributed by atoms with E-state index in [1.807, 2.05) is 23.9 Å². The average Bonchev–Trinajstić information content (AvgIpc) is 3.04. The summed E-state index contributed by atoms with van der Waals surface area (Å²) < 4.78 is 5.62. The molecule has 1 saturated heterocycles. The van der Waals surface area contributed by atoms with Crippen molar-refractivity contribution in [3.63, 3.8) is 0 Å². The minimum Gasteiger partial charge on any atom is -0.494 e. The molecule has 0 spiro atoms. The number of hydrogen-bond acceptors (Lipinski definition) is 5. The summed E-state index contributed by atoms with van der Waals surface area (Å²) in [5.41, 5.74) is 2.22. The van der Waals surface area contributed by atoms with Crippen LogP contribution in [0.1, 0.15) is 24.4 Å². The Bertz CT molecular complexity index is 562. The summed E-state index contributed by atoms with van der Waals surface area (Å²) >= 11 is 3.75. The van der Waals surface area contributed by atoms with Gasteiger partial charge in [0.2, 0.25) is 0 Å². The summed E-state index contributed by atoms with van der Waals surface area (Å²) in [6.07, 6.45) is 1.03. The molecular weight excluding hydrogens is 300 g/mol. The highest BCUT2D eigenvalue weighted by atomic mass is 32.2. The van der Waals surface area contributed by atoms with Crippen LogP contribution in [0.15, 0.2) is 29.6 Å². The van der Waals surface area contributed by atoms with Gasteiger partial charge in [-0.3, -0.25) is 0 Å². The molecule has 1 aromatic heterocycles. The fraction of sp³-hybridized carbons (Fsp3) is 0.438. The predicted molar refractivity (Wildman–Crippen MR) is 91.4 cm³/mol. The maximum atomic E-state index is 5.62. The van der Waals surface area contributed by atoms with E-state index in [0.29, 0.717) is 6.04 Å². The van der Waals surface area contributed by atoms with Gasteiger partial charge >= 0.3 is 0 Å². The highest BCUT2D eigenvalue weighted by molar-refractivity contribution is 7.99. The minimum atomic E-state index is 0.412. The van der Waals surface area contributed by atoms with Crippen LogP contribution in [-0.2, 0) is 0 Å². The molecule has 1 aliphatic heterocycles. The number of rotatable bonds is 5. The largest absolute Gasteiger partial charge is 0.494 e. The van der Waals surface area contributed by atoms with Crippen LogP contribution in [0.25, 0.3) is 11.3 Å². The fourth-order valence-electron chi connectivity index (χ4n) is 2.25. The Kier molecular flexibility index (Phi) is 5.17. The van der Waals surface area contributed by atoms with Crippen molar-refractivity contribution in [3.8, 4) is 17.0 Å². The first-order chi connectivity index (χ1) is 10.4. The molecule has 2 aromatic rings. The van der Waals surface area contributed by atoms with E-state index in [1.165, 1.54) is 10.8 Å². The highest BCUT2D eigenvalue weighted by Gasteiger charge is 2.18. The number of ether oxygens (including phenoxy) is 1. The van der Waals surface area contributed by atoms with Crippen molar-refractivity contribution >= 4 is 23.1 Å². The summed E-state index contributed by atoms with van der Waals surface area (Å²) in [6, 6.07) is 8.65. The van der Waals surface area contributed by atoms with Crippen molar-refractivity contribution in [1.29, 1.82) is 0 Å². The number of benzene rings is 1. The number of nitrogens with one attached hydrogen (secondary N) is 1. The standard InChI is InChI=1S/C16H20N2OS2/c1-2-8-19-13-5-3-12(4-6-13)14-11-21-16(18-14)15-10-20-9-7-17-15/h3-6,11,15,17H,2,7-10H2,1H3. The minimum absolute atomic E-state index is 0.412. The van der Waals surface area contributed by atoms with E-state index in [0.717, 1.165) is 42.3 Å². The smallest absolute Gasteiger partial charge is 0.119 e. The average molecular weight is 320 g/mol. The third-order valence-electron chi connectivity index (χ3n) is 3.36. The molecule has 1 aliphatic rings. The van der Waals surface area contributed by atoms with Gasteiger partial charge in [0.05, 0.1) is 18.3 Å². The highest BCUT2D eigenvalue weighted by Crippen LogP contribution is 2.29. The first kappa shape index (κ1) is 14.9. The maximum Gasteiger partial charge on any atom is 0.119 e. The molecule has 1 unspecified atom stereocenters. The molecule has 21 heavy (non-hydrogen) atoms. The van der Waals surface area contributed by atoms with Gasteiger partial charge in [0.25, 0.3) is 0 Å². The van der Waals surface area contributed by atoms with Gasteiger partial charge in [0.1, 0.15) is 10.8 Å². The van der Waals surface area contributed by atoms with Crippen LogP contribution < -0.4 is 10.1 Å². The lowest BCUT2D eigenvalue weighted by Crippen LogP contribution is -2.30. The van der Waals surface area contributed by atoms with Gasteiger partial charge < -0.3 is 10.1 Å². The van der Waals surface area contributed by atoms with Crippen LogP contribution in [0.5, 0.6) is 5.75 Å². The molecule has 0 aliphatic carbocycles. The molecule has 1 aromatic carbocycles. The number of hydrogen-bond donors (Lipinski definition) is 1. The van der Waals surface area contributed by atoms with E-state index in [-0.39, 0.29) is 0 Å². The van der Waals surface area contributed by atoms with Crippen LogP contribution in [-0.4, -0.2) is 29.6 Å². The van der Waals surface area contributed by atoms with E-state index in [2.05, 4.69) is 29.8 Å². The summed E-state index contributed by atoms with van der Waals surface area (Å²) in [7, 11) is 0. The number of nitrogens with zero attached hydrogens (tertiary/aromatic N) is 1. The van der Waals surface area contributed by atoms with Gasteiger partial charge in [-0.05, 0) is 30.7 Å². The monoisotopic (exact) mass is 320 g/mol. The lowest BCUT2D eigenvalue weighted by Gasteiger charge is -2.20.